The molecule has 0 atom stereocenters. The fourth-order valence-corrected chi connectivity index (χ4v) is 5.42. The van der Waals surface area contributed by atoms with Crippen molar-refractivity contribution in [3.05, 3.63) is 33.8 Å². The van der Waals surface area contributed by atoms with Gasteiger partial charge in [0.2, 0.25) is 0 Å². The average Bonchev–Trinajstić information content (AvgIpc) is 2.84. The summed E-state index contributed by atoms with van der Waals surface area (Å²) in [6, 6.07) is 5.91. The molecule has 1 nitrogen and oxygen atoms in total. The van der Waals surface area contributed by atoms with Gasteiger partial charge in [-0.05, 0) is 55.3 Å². The topological polar surface area (TPSA) is 12.0 Å². The second-order valence-electron chi connectivity index (χ2n) is 6.72. The van der Waals surface area contributed by atoms with E-state index in [0.29, 0.717) is 5.41 Å². The van der Waals surface area contributed by atoms with Crippen LogP contribution in [0.3, 0.4) is 0 Å². The Morgan fingerprint density at radius 2 is 1.70 bits per heavy atom. The molecule has 0 unspecified atom stereocenters. The summed E-state index contributed by atoms with van der Waals surface area (Å²) in [4.78, 5) is 0. The summed E-state index contributed by atoms with van der Waals surface area (Å²) in [6.07, 6.45) is 8.07. The normalized spacial score (nSPS) is 22.9. The summed E-state index contributed by atoms with van der Waals surface area (Å²) in [5.74, 6) is 0. The van der Waals surface area contributed by atoms with Crippen LogP contribution in [-0.2, 0) is 5.41 Å². The third-order valence-corrected chi connectivity index (χ3v) is 5.93. The molecule has 2 fully saturated rings. The standard InChI is InChI=1S/C17H23Cl2N/c1-2-20-12-17(10-16(11-17)8-3-4-9-16)15-13(18)6-5-7-14(15)19/h5-7,20H,2-4,8-12H2,1H3. The van der Waals surface area contributed by atoms with E-state index in [1.54, 1.807) is 0 Å². The second-order valence-corrected chi connectivity index (χ2v) is 7.53. The molecule has 1 aromatic rings. The summed E-state index contributed by atoms with van der Waals surface area (Å²) >= 11 is 13.0. The smallest absolute Gasteiger partial charge is 0.0459 e. The molecular weight excluding hydrogens is 289 g/mol. The molecule has 0 aromatic heterocycles. The molecular formula is C17H23Cl2N. The molecule has 0 aliphatic heterocycles. The molecule has 0 bridgehead atoms. The maximum Gasteiger partial charge on any atom is 0.0459 e. The van der Waals surface area contributed by atoms with E-state index in [2.05, 4.69) is 12.2 Å². The molecule has 2 aliphatic rings. The quantitative estimate of drug-likeness (QED) is 0.806. The molecule has 0 amide bonds. The maximum absolute atomic E-state index is 6.49. The molecule has 2 aliphatic carbocycles. The molecule has 0 radical (unpaired) electrons. The highest BCUT2D eigenvalue weighted by Crippen LogP contribution is 2.64. The highest BCUT2D eigenvalue weighted by molar-refractivity contribution is 6.36. The summed E-state index contributed by atoms with van der Waals surface area (Å²) < 4.78 is 0. The van der Waals surface area contributed by atoms with Crippen molar-refractivity contribution < 1.29 is 0 Å². The minimum atomic E-state index is 0.149. The first kappa shape index (κ1) is 14.7. The first-order chi connectivity index (χ1) is 9.61. The van der Waals surface area contributed by atoms with Gasteiger partial charge in [0.05, 0.1) is 0 Å². The van der Waals surface area contributed by atoms with Gasteiger partial charge in [0.1, 0.15) is 0 Å². The van der Waals surface area contributed by atoms with Crippen LogP contribution in [0.15, 0.2) is 18.2 Å². The van der Waals surface area contributed by atoms with Crippen molar-refractivity contribution in [3.63, 3.8) is 0 Å². The monoisotopic (exact) mass is 311 g/mol. The van der Waals surface area contributed by atoms with Gasteiger partial charge in [-0.15, -0.1) is 0 Å². The van der Waals surface area contributed by atoms with E-state index in [-0.39, 0.29) is 5.41 Å². The van der Waals surface area contributed by atoms with Gasteiger partial charge in [0.25, 0.3) is 0 Å². The first-order valence-corrected chi connectivity index (χ1v) is 8.52. The lowest BCUT2D eigenvalue weighted by molar-refractivity contribution is 0.0274. The fraction of sp³-hybridized carbons (Fsp3) is 0.647. The van der Waals surface area contributed by atoms with Crippen LogP contribution in [0.5, 0.6) is 0 Å². The summed E-state index contributed by atoms with van der Waals surface area (Å²) in [5.41, 5.74) is 1.91. The molecule has 3 heteroatoms. The largest absolute Gasteiger partial charge is 0.316 e. The number of benzene rings is 1. The first-order valence-electron chi connectivity index (χ1n) is 7.76. The van der Waals surface area contributed by atoms with Crippen LogP contribution >= 0.6 is 23.2 Å². The molecule has 20 heavy (non-hydrogen) atoms. The van der Waals surface area contributed by atoms with Gasteiger partial charge in [-0.1, -0.05) is 49.0 Å². The second kappa shape index (κ2) is 5.51. The molecule has 1 aromatic carbocycles. The van der Waals surface area contributed by atoms with Crippen LogP contribution in [0.1, 0.15) is 51.0 Å². The van der Waals surface area contributed by atoms with Crippen molar-refractivity contribution in [1.29, 1.82) is 0 Å². The maximum atomic E-state index is 6.49. The number of halogens is 2. The molecule has 110 valence electrons. The predicted octanol–water partition coefficient (Wildman–Crippen LogP) is 5.19. The lowest BCUT2D eigenvalue weighted by Crippen LogP contribution is -2.54. The lowest BCUT2D eigenvalue weighted by Gasteiger charge is -2.56. The zero-order chi connectivity index (χ0) is 14.2. The zero-order valence-electron chi connectivity index (χ0n) is 12.1. The van der Waals surface area contributed by atoms with Crippen LogP contribution in [0.25, 0.3) is 0 Å². The molecule has 0 heterocycles. The SMILES string of the molecule is CCNCC1(c2c(Cl)cccc2Cl)CC2(CCCC2)C1. The molecule has 1 spiro atoms. The third kappa shape index (κ3) is 2.38. The Balaban J connectivity index is 1.91. The van der Waals surface area contributed by atoms with E-state index >= 15 is 0 Å². The van der Waals surface area contributed by atoms with E-state index < -0.39 is 0 Å². The Morgan fingerprint density at radius 1 is 1.10 bits per heavy atom. The van der Waals surface area contributed by atoms with Crippen LogP contribution < -0.4 is 5.32 Å². The Bertz CT molecular complexity index is 464. The van der Waals surface area contributed by atoms with Crippen molar-refractivity contribution in [3.8, 4) is 0 Å². The van der Waals surface area contributed by atoms with Gasteiger partial charge in [-0.3, -0.25) is 0 Å². The van der Waals surface area contributed by atoms with Crippen molar-refractivity contribution in [2.45, 2.75) is 50.9 Å². The van der Waals surface area contributed by atoms with Crippen LogP contribution in [0.2, 0.25) is 10.0 Å². The number of nitrogens with one attached hydrogen (secondary N) is 1. The zero-order valence-corrected chi connectivity index (χ0v) is 13.7. The van der Waals surface area contributed by atoms with Crippen LogP contribution in [0, 0.1) is 5.41 Å². The number of rotatable bonds is 4. The fourth-order valence-electron chi connectivity index (χ4n) is 4.62. The predicted molar refractivity (Wildman–Crippen MR) is 86.8 cm³/mol. The number of hydrogen-bond donors (Lipinski definition) is 1. The molecule has 0 saturated heterocycles. The van der Waals surface area contributed by atoms with Crippen LogP contribution in [-0.4, -0.2) is 13.1 Å². The third-order valence-electron chi connectivity index (χ3n) is 5.30. The molecule has 3 rings (SSSR count). The van der Waals surface area contributed by atoms with Gasteiger partial charge in [0.15, 0.2) is 0 Å². The Labute approximate surface area is 132 Å². The van der Waals surface area contributed by atoms with Gasteiger partial charge >= 0.3 is 0 Å². The summed E-state index contributed by atoms with van der Waals surface area (Å²) in [5, 5.41) is 5.21. The van der Waals surface area contributed by atoms with Gasteiger partial charge in [0, 0.05) is 22.0 Å². The molecule has 2 saturated carbocycles. The summed E-state index contributed by atoms with van der Waals surface area (Å²) in [6.45, 7) is 4.15. The Kier molecular flexibility index (Phi) is 4.05. The Hall–Kier alpha value is -0.240. The van der Waals surface area contributed by atoms with Crippen molar-refractivity contribution >= 4 is 23.2 Å². The van der Waals surface area contributed by atoms with E-state index in [9.17, 15) is 0 Å². The average molecular weight is 312 g/mol. The van der Waals surface area contributed by atoms with Crippen molar-refractivity contribution in [1.82, 2.24) is 5.32 Å². The van der Waals surface area contributed by atoms with Crippen molar-refractivity contribution in [2.24, 2.45) is 5.41 Å². The van der Waals surface area contributed by atoms with Gasteiger partial charge < -0.3 is 5.32 Å². The number of hydrogen-bond acceptors (Lipinski definition) is 1. The van der Waals surface area contributed by atoms with E-state index in [1.165, 1.54) is 44.1 Å². The van der Waals surface area contributed by atoms with Crippen molar-refractivity contribution in [2.75, 3.05) is 13.1 Å². The highest BCUT2D eigenvalue weighted by atomic mass is 35.5. The van der Waals surface area contributed by atoms with E-state index in [0.717, 1.165) is 23.1 Å². The van der Waals surface area contributed by atoms with E-state index in [1.807, 2.05) is 18.2 Å². The summed E-state index contributed by atoms with van der Waals surface area (Å²) in [7, 11) is 0. The minimum Gasteiger partial charge on any atom is -0.316 e. The lowest BCUT2D eigenvalue weighted by atomic mass is 9.49. The van der Waals surface area contributed by atoms with Crippen LogP contribution in [0.4, 0.5) is 0 Å². The minimum absolute atomic E-state index is 0.149. The van der Waals surface area contributed by atoms with E-state index in [4.69, 9.17) is 23.2 Å². The van der Waals surface area contributed by atoms with Gasteiger partial charge in [-0.25, -0.2) is 0 Å². The Morgan fingerprint density at radius 3 is 2.25 bits per heavy atom. The highest BCUT2D eigenvalue weighted by Gasteiger charge is 2.56. The number of likely N-dealkylation sites (N-methyl/N-ethyl adjacent to an activating group) is 1. The van der Waals surface area contributed by atoms with Gasteiger partial charge in [-0.2, -0.15) is 0 Å². The molecule has 1 N–H and O–H groups in total.